The van der Waals surface area contributed by atoms with Crippen molar-refractivity contribution in [2.45, 2.75) is 38.9 Å². The van der Waals surface area contributed by atoms with Gasteiger partial charge in [0.25, 0.3) is 0 Å². The molecule has 0 aromatic heterocycles. The molecule has 182 valence electrons. The maximum absolute atomic E-state index is 6.04. The highest BCUT2D eigenvalue weighted by Gasteiger charge is 2.18. The van der Waals surface area contributed by atoms with E-state index >= 15 is 0 Å². The summed E-state index contributed by atoms with van der Waals surface area (Å²) in [4.78, 5) is 8.97. The number of benzene rings is 2. The van der Waals surface area contributed by atoms with Gasteiger partial charge < -0.3 is 19.7 Å². The van der Waals surface area contributed by atoms with Crippen LogP contribution in [0.25, 0.3) is 0 Å². The first-order valence-electron chi connectivity index (χ1n) is 11.5. The third-order valence-electron chi connectivity index (χ3n) is 5.99. The molecule has 33 heavy (non-hydrogen) atoms. The van der Waals surface area contributed by atoms with Gasteiger partial charge in [0.05, 0.1) is 0 Å². The third kappa shape index (κ3) is 9.14. The number of aliphatic imine (C=N–C) groups is 1. The van der Waals surface area contributed by atoms with Crippen LogP contribution in [0.1, 0.15) is 29.5 Å². The van der Waals surface area contributed by atoms with Crippen molar-refractivity contribution < 1.29 is 9.47 Å². The number of guanidine groups is 1. The number of nitrogens with one attached hydrogen (secondary N) is 1. The van der Waals surface area contributed by atoms with Crippen LogP contribution in [0.15, 0.2) is 53.5 Å². The number of likely N-dealkylation sites (N-methyl/N-ethyl adjacent to an activating group) is 1. The Morgan fingerprint density at radius 3 is 2.52 bits per heavy atom. The van der Waals surface area contributed by atoms with Crippen LogP contribution in [-0.4, -0.2) is 69.3 Å². The molecule has 0 spiro atoms. The molecule has 1 N–H and O–H groups in total. The molecule has 0 atom stereocenters. The molecule has 2 aromatic carbocycles. The molecule has 1 heterocycles. The molecule has 0 radical (unpaired) electrons. The van der Waals surface area contributed by atoms with Gasteiger partial charge in [0.2, 0.25) is 0 Å². The molecule has 0 aliphatic carbocycles. The van der Waals surface area contributed by atoms with Crippen LogP contribution >= 0.6 is 24.0 Å². The Kier molecular flexibility index (Phi) is 12.0. The lowest BCUT2D eigenvalue weighted by Gasteiger charge is -2.31. The standard InChI is InChI=1S/C26H38N4O2.HI/c1-21-8-10-22(11-9-21)20-30(4)26(27-2)28-19-23-6-5-7-25(18-23)32-17-14-29(3)24-12-15-31-16-13-24;/h5-11,18,24H,12-17,19-20H2,1-4H3,(H,27,28);1H. The van der Waals surface area contributed by atoms with Gasteiger partial charge in [-0.2, -0.15) is 0 Å². The fourth-order valence-electron chi connectivity index (χ4n) is 3.97. The van der Waals surface area contributed by atoms with Crippen LogP contribution < -0.4 is 10.1 Å². The summed E-state index contributed by atoms with van der Waals surface area (Å²) in [5, 5.41) is 3.46. The summed E-state index contributed by atoms with van der Waals surface area (Å²) in [6, 6.07) is 17.5. The minimum Gasteiger partial charge on any atom is -0.492 e. The van der Waals surface area contributed by atoms with E-state index in [9.17, 15) is 0 Å². The molecule has 2 aromatic rings. The zero-order valence-electron chi connectivity index (χ0n) is 20.4. The topological polar surface area (TPSA) is 49.3 Å². The fourth-order valence-corrected chi connectivity index (χ4v) is 3.97. The number of ether oxygens (including phenoxy) is 2. The third-order valence-corrected chi connectivity index (χ3v) is 5.99. The monoisotopic (exact) mass is 566 g/mol. The maximum Gasteiger partial charge on any atom is 0.193 e. The Labute approximate surface area is 216 Å². The molecule has 6 nitrogen and oxygen atoms in total. The first-order chi connectivity index (χ1) is 15.5. The number of aryl methyl sites for hydroxylation is 1. The van der Waals surface area contributed by atoms with Crippen LogP contribution in [0.5, 0.6) is 5.75 Å². The molecule has 1 saturated heterocycles. The summed E-state index contributed by atoms with van der Waals surface area (Å²) in [5.74, 6) is 1.78. The highest BCUT2D eigenvalue weighted by Crippen LogP contribution is 2.15. The summed E-state index contributed by atoms with van der Waals surface area (Å²) >= 11 is 0. The lowest BCUT2D eigenvalue weighted by Crippen LogP contribution is -2.38. The average Bonchev–Trinajstić information content (AvgIpc) is 2.82. The minimum atomic E-state index is 0. The van der Waals surface area contributed by atoms with E-state index in [4.69, 9.17) is 9.47 Å². The van der Waals surface area contributed by atoms with Gasteiger partial charge in [-0.05, 0) is 50.1 Å². The molecule has 0 amide bonds. The number of rotatable bonds is 9. The second-order valence-corrected chi connectivity index (χ2v) is 8.56. The molecular weight excluding hydrogens is 527 g/mol. The van der Waals surface area contributed by atoms with E-state index in [1.165, 1.54) is 16.7 Å². The second kappa shape index (κ2) is 14.4. The number of halogens is 1. The predicted molar refractivity (Wildman–Crippen MR) is 147 cm³/mol. The predicted octanol–water partition coefficient (Wildman–Crippen LogP) is 4.31. The lowest BCUT2D eigenvalue weighted by molar-refractivity contribution is 0.0392. The van der Waals surface area contributed by atoms with Gasteiger partial charge in [-0.15, -0.1) is 24.0 Å². The minimum absolute atomic E-state index is 0. The van der Waals surface area contributed by atoms with Crippen molar-refractivity contribution in [3.05, 3.63) is 65.2 Å². The summed E-state index contributed by atoms with van der Waals surface area (Å²) in [5.41, 5.74) is 3.71. The van der Waals surface area contributed by atoms with Crippen LogP contribution in [0.3, 0.4) is 0 Å². The van der Waals surface area contributed by atoms with Crippen LogP contribution in [0.2, 0.25) is 0 Å². The molecule has 0 unspecified atom stereocenters. The largest absolute Gasteiger partial charge is 0.492 e. The van der Waals surface area contributed by atoms with E-state index < -0.39 is 0 Å². The highest BCUT2D eigenvalue weighted by molar-refractivity contribution is 14.0. The SMILES string of the molecule is CN=C(NCc1cccc(OCCN(C)C2CCOCC2)c1)N(C)Cc1ccc(C)cc1.I. The maximum atomic E-state index is 6.04. The van der Waals surface area contributed by atoms with Gasteiger partial charge in [0.15, 0.2) is 5.96 Å². The van der Waals surface area contributed by atoms with E-state index in [2.05, 4.69) is 77.5 Å². The molecule has 0 bridgehead atoms. The van der Waals surface area contributed by atoms with Gasteiger partial charge in [-0.3, -0.25) is 9.89 Å². The van der Waals surface area contributed by atoms with Gasteiger partial charge in [0.1, 0.15) is 12.4 Å². The van der Waals surface area contributed by atoms with E-state index in [1.807, 2.05) is 19.2 Å². The van der Waals surface area contributed by atoms with Crippen molar-refractivity contribution in [3.8, 4) is 5.75 Å². The lowest BCUT2D eigenvalue weighted by atomic mass is 10.1. The Morgan fingerprint density at radius 2 is 1.82 bits per heavy atom. The van der Waals surface area contributed by atoms with Crippen molar-refractivity contribution in [1.82, 2.24) is 15.1 Å². The molecule has 1 fully saturated rings. The van der Waals surface area contributed by atoms with Gasteiger partial charge >= 0.3 is 0 Å². The quantitative estimate of drug-likeness (QED) is 0.279. The van der Waals surface area contributed by atoms with E-state index in [-0.39, 0.29) is 24.0 Å². The molecular formula is C26H39IN4O2. The van der Waals surface area contributed by atoms with Crippen molar-refractivity contribution >= 4 is 29.9 Å². The molecule has 1 aliphatic heterocycles. The van der Waals surface area contributed by atoms with Crippen molar-refractivity contribution in [3.63, 3.8) is 0 Å². The molecule has 7 heteroatoms. The van der Waals surface area contributed by atoms with Crippen LogP contribution in [0.4, 0.5) is 0 Å². The van der Waals surface area contributed by atoms with Crippen molar-refractivity contribution in [2.75, 3.05) is 47.5 Å². The van der Waals surface area contributed by atoms with E-state index in [1.54, 1.807) is 0 Å². The Balaban J connectivity index is 0.00000385. The Hall–Kier alpha value is -1.84. The number of nitrogens with zero attached hydrogens (tertiary/aromatic N) is 3. The van der Waals surface area contributed by atoms with E-state index in [0.717, 1.165) is 50.9 Å². The normalized spacial score (nSPS) is 14.6. The first kappa shape index (κ1) is 27.4. The summed E-state index contributed by atoms with van der Waals surface area (Å²) < 4.78 is 11.5. The van der Waals surface area contributed by atoms with Gasteiger partial charge in [0, 0.05) is 53.0 Å². The van der Waals surface area contributed by atoms with E-state index in [0.29, 0.717) is 19.2 Å². The van der Waals surface area contributed by atoms with Gasteiger partial charge in [-0.1, -0.05) is 42.0 Å². The van der Waals surface area contributed by atoms with Crippen LogP contribution in [-0.2, 0) is 17.8 Å². The van der Waals surface area contributed by atoms with Crippen molar-refractivity contribution in [2.24, 2.45) is 4.99 Å². The molecule has 1 aliphatic rings. The van der Waals surface area contributed by atoms with Gasteiger partial charge in [-0.25, -0.2) is 0 Å². The first-order valence-corrected chi connectivity index (χ1v) is 11.5. The average molecular weight is 567 g/mol. The zero-order chi connectivity index (χ0) is 22.8. The summed E-state index contributed by atoms with van der Waals surface area (Å²) in [7, 11) is 6.06. The number of hydrogen-bond donors (Lipinski definition) is 1. The smallest absolute Gasteiger partial charge is 0.193 e. The highest BCUT2D eigenvalue weighted by atomic mass is 127. The van der Waals surface area contributed by atoms with Crippen LogP contribution in [0, 0.1) is 6.92 Å². The Morgan fingerprint density at radius 1 is 1.09 bits per heavy atom. The fraction of sp³-hybridized carbons (Fsp3) is 0.500. The second-order valence-electron chi connectivity index (χ2n) is 8.56. The number of hydrogen-bond acceptors (Lipinski definition) is 4. The molecule has 0 saturated carbocycles. The van der Waals surface area contributed by atoms with Crippen molar-refractivity contribution in [1.29, 1.82) is 0 Å². The summed E-state index contributed by atoms with van der Waals surface area (Å²) in [6.07, 6.45) is 2.22. The summed E-state index contributed by atoms with van der Waals surface area (Å²) in [6.45, 7) is 6.96. The molecule has 3 rings (SSSR count). The zero-order valence-corrected chi connectivity index (χ0v) is 22.7. The Bertz CT molecular complexity index is 854.